The van der Waals surface area contributed by atoms with Gasteiger partial charge >= 0.3 is 0 Å². The molecule has 3 heterocycles. The first kappa shape index (κ1) is 16.2. The Hall–Kier alpha value is -2.25. The van der Waals surface area contributed by atoms with Gasteiger partial charge in [0.15, 0.2) is 5.82 Å². The van der Waals surface area contributed by atoms with E-state index in [2.05, 4.69) is 51.2 Å². The van der Waals surface area contributed by atoms with Gasteiger partial charge in [-0.3, -0.25) is 0 Å². The molecule has 1 aromatic carbocycles. The van der Waals surface area contributed by atoms with Gasteiger partial charge in [-0.05, 0) is 38.2 Å². The van der Waals surface area contributed by atoms with Gasteiger partial charge in [0, 0.05) is 49.9 Å². The first-order valence-electron chi connectivity index (χ1n) is 8.47. The highest BCUT2D eigenvalue weighted by Gasteiger charge is 2.16. The standard InChI is InChI=1S/C18H22N6S/c1-13-19-16(12-25-13)17-20-18(23(3)21-17)14-4-6-15(7-5-14)24-10-8-22(2)9-11-24/h4-7,12H,8-11H2,1-3H3. The fourth-order valence-corrected chi connectivity index (χ4v) is 3.69. The lowest BCUT2D eigenvalue weighted by Crippen LogP contribution is -2.44. The fourth-order valence-electron chi connectivity index (χ4n) is 3.10. The van der Waals surface area contributed by atoms with Crippen LogP contribution in [0.2, 0.25) is 0 Å². The Kier molecular flexibility index (Phi) is 4.27. The Balaban J connectivity index is 1.57. The molecule has 0 amide bonds. The predicted octanol–water partition coefficient (Wildman–Crippen LogP) is 2.67. The molecule has 0 atom stereocenters. The zero-order valence-corrected chi connectivity index (χ0v) is 15.6. The summed E-state index contributed by atoms with van der Waals surface area (Å²) in [5, 5.41) is 7.56. The van der Waals surface area contributed by atoms with Crippen molar-refractivity contribution in [2.24, 2.45) is 7.05 Å². The quantitative estimate of drug-likeness (QED) is 0.724. The Morgan fingerprint density at radius 2 is 1.68 bits per heavy atom. The fraction of sp³-hybridized carbons (Fsp3) is 0.389. The largest absolute Gasteiger partial charge is 0.369 e. The summed E-state index contributed by atoms with van der Waals surface area (Å²) >= 11 is 1.62. The lowest BCUT2D eigenvalue weighted by molar-refractivity contribution is 0.313. The van der Waals surface area contributed by atoms with Crippen molar-refractivity contribution in [3.8, 4) is 22.9 Å². The molecular formula is C18H22N6S. The van der Waals surface area contributed by atoms with Crippen LogP contribution in [0.4, 0.5) is 5.69 Å². The summed E-state index contributed by atoms with van der Waals surface area (Å²) < 4.78 is 1.83. The number of thiazole rings is 1. The molecule has 2 aromatic heterocycles. The maximum atomic E-state index is 4.69. The lowest BCUT2D eigenvalue weighted by Gasteiger charge is -2.34. The van der Waals surface area contributed by atoms with Crippen molar-refractivity contribution in [3.05, 3.63) is 34.7 Å². The number of hydrogen-bond acceptors (Lipinski definition) is 6. The average molecular weight is 354 g/mol. The van der Waals surface area contributed by atoms with E-state index in [-0.39, 0.29) is 0 Å². The van der Waals surface area contributed by atoms with E-state index in [0.717, 1.165) is 48.3 Å². The molecule has 0 bridgehead atoms. The van der Waals surface area contributed by atoms with E-state index in [4.69, 9.17) is 4.98 Å². The van der Waals surface area contributed by atoms with Gasteiger partial charge in [-0.2, -0.15) is 0 Å². The smallest absolute Gasteiger partial charge is 0.201 e. The van der Waals surface area contributed by atoms with Crippen LogP contribution in [-0.2, 0) is 7.05 Å². The molecule has 0 N–H and O–H groups in total. The SMILES string of the molecule is Cc1nc(-c2nc(-c3ccc(N4CCN(C)CC4)cc3)n(C)n2)cs1. The number of anilines is 1. The topological polar surface area (TPSA) is 50.1 Å². The molecule has 1 aliphatic rings. The number of likely N-dealkylation sites (N-methyl/N-ethyl adjacent to an activating group) is 1. The molecule has 3 aromatic rings. The molecule has 25 heavy (non-hydrogen) atoms. The van der Waals surface area contributed by atoms with Crippen LogP contribution < -0.4 is 4.90 Å². The van der Waals surface area contributed by atoms with Crippen LogP contribution in [-0.4, -0.2) is 57.9 Å². The summed E-state index contributed by atoms with van der Waals surface area (Å²) in [6.07, 6.45) is 0. The summed E-state index contributed by atoms with van der Waals surface area (Å²) in [5.74, 6) is 1.55. The highest BCUT2D eigenvalue weighted by atomic mass is 32.1. The van der Waals surface area contributed by atoms with E-state index in [1.54, 1.807) is 11.3 Å². The normalized spacial score (nSPS) is 15.7. The van der Waals surface area contributed by atoms with Crippen molar-refractivity contribution >= 4 is 17.0 Å². The molecule has 0 spiro atoms. The third-order valence-corrected chi connectivity index (χ3v) is 5.38. The first-order chi connectivity index (χ1) is 12.1. The van der Waals surface area contributed by atoms with Crippen molar-refractivity contribution in [2.45, 2.75) is 6.92 Å². The van der Waals surface area contributed by atoms with Crippen molar-refractivity contribution < 1.29 is 0 Å². The third-order valence-electron chi connectivity index (χ3n) is 4.61. The molecule has 0 aliphatic carbocycles. The van der Waals surface area contributed by atoms with Crippen LogP contribution in [0.1, 0.15) is 5.01 Å². The zero-order valence-electron chi connectivity index (χ0n) is 14.8. The predicted molar refractivity (Wildman–Crippen MR) is 102 cm³/mol. The maximum absolute atomic E-state index is 4.69. The molecule has 0 radical (unpaired) electrons. The van der Waals surface area contributed by atoms with Gasteiger partial charge < -0.3 is 9.80 Å². The monoisotopic (exact) mass is 354 g/mol. The van der Waals surface area contributed by atoms with Crippen molar-refractivity contribution in [2.75, 3.05) is 38.1 Å². The van der Waals surface area contributed by atoms with Crippen LogP contribution in [0.5, 0.6) is 0 Å². The molecule has 7 heteroatoms. The van der Waals surface area contributed by atoms with E-state index in [1.165, 1.54) is 5.69 Å². The van der Waals surface area contributed by atoms with Crippen LogP contribution >= 0.6 is 11.3 Å². The van der Waals surface area contributed by atoms with E-state index in [1.807, 2.05) is 24.0 Å². The summed E-state index contributed by atoms with van der Waals surface area (Å²) in [6, 6.07) is 8.63. The summed E-state index contributed by atoms with van der Waals surface area (Å²) in [4.78, 5) is 14.0. The number of rotatable bonds is 3. The van der Waals surface area contributed by atoms with E-state index in [0.29, 0.717) is 5.82 Å². The Labute approximate surface area is 151 Å². The van der Waals surface area contributed by atoms with Crippen LogP contribution in [0, 0.1) is 6.92 Å². The Morgan fingerprint density at radius 1 is 0.960 bits per heavy atom. The van der Waals surface area contributed by atoms with Gasteiger partial charge in [-0.25, -0.2) is 14.6 Å². The molecule has 6 nitrogen and oxygen atoms in total. The second kappa shape index (κ2) is 6.57. The average Bonchev–Trinajstić information content (AvgIpc) is 3.22. The second-order valence-electron chi connectivity index (χ2n) is 6.47. The molecule has 0 unspecified atom stereocenters. The van der Waals surface area contributed by atoms with Crippen molar-refractivity contribution in [1.82, 2.24) is 24.6 Å². The molecule has 4 rings (SSSR count). The lowest BCUT2D eigenvalue weighted by atomic mass is 10.1. The Bertz CT molecular complexity index is 858. The van der Waals surface area contributed by atoms with Gasteiger partial charge in [0.05, 0.1) is 5.01 Å². The van der Waals surface area contributed by atoms with Crippen molar-refractivity contribution in [3.63, 3.8) is 0 Å². The summed E-state index contributed by atoms with van der Waals surface area (Å²) in [6.45, 7) is 6.37. The van der Waals surface area contributed by atoms with Gasteiger partial charge in [0.2, 0.25) is 5.82 Å². The van der Waals surface area contributed by atoms with Gasteiger partial charge in [0.25, 0.3) is 0 Å². The minimum atomic E-state index is 0.685. The number of aryl methyl sites for hydroxylation is 2. The Morgan fingerprint density at radius 3 is 2.32 bits per heavy atom. The highest BCUT2D eigenvalue weighted by Crippen LogP contribution is 2.25. The number of benzene rings is 1. The second-order valence-corrected chi connectivity index (χ2v) is 7.53. The summed E-state index contributed by atoms with van der Waals surface area (Å²) in [7, 11) is 4.11. The summed E-state index contributed by atoms with van der Waals surface area (Å²) in [5.41, 5.74) is 3.19. The van der Waals surface area contributed by atoms with E-state index in [9.17, 15) is 0 Å². The van der Waals surface area contributed by atoms with Crippen LogP contribution in [0.25, 0.3) is 22.9 Å². The number of hydrogen-bond donors (Lipinski definition) is 0. The maximum Gasteiger partial charge on any atom is 0.201 e. The molecular weight excluding hydrogens is 332 g/mol. The molecule has 0 saturated carbocycles. The van der Waals surface area contributed by atoms with E-state index >= 15 is 0 Å². The molecule has 1 saturated heterocycles. The molecule has 130 valence electrons. The molecule has 1 fully saturated rings. The first-order valence-corrected chi connectivity index (χ1v) is 9.35. The molecule has 1 aliphatic heterocycles. The highest BCUT2D eigenvalue weighted by molar-refractivity contribution is 7.09. The van der Waals surface area contributed by atoms with Crippen LogP contribution in [0.3, 0.4) is 0 Å². The van der Waals surface area contributed by atoms with Gasteiger partial charge in [-0.1, -0.05) is 0 Å². The van der Waals surface area contributed by atoms with Gasteiger partial charge in [-0.15, -0.1) is 16.4 Å². The van der Waals surface area contributed by atoms with Crippen LogP contribution in [0.15, 0.2) is 29.6 Å². The number of nitrogens with zero attached hydrogens (tertiary/aromatic N) is 6. The zero-order chi connectivity index (χ0) is 17.4. The number of piperazine rings is 1. The number of aromatic nitrogens is 4. The minimum absolute atomic E-state index is 0.685. The third kappa shape index (κ3) is 3.29. The van der Waals surface area contributed by atoms with E-state index < -0.39 is 0 Å². The van der Waals surface area contributed by atoms with Crippen molar-refractivity contribution in [1.29, 1.82) is 0 Å². The van der Waals surface area contributed by atoms with Gasteiger partial charge in [0.1, 0.15) is 5.69 Å². The minimum Gasteiger partial charge on any atom is -0.369 e.